The molecule has 0 aromatic carbocycles. The number of rotatable bonds is 3. The summed E-state index contributed by atoms with van der Waals surface area (Å²) in [5.74, 6) is -3.41. The Balaban J connectivity index is 3.00. The fraction of sp³-hybridized carbons (Fsp3) is 0.444. The van der Waals surface area contributed by atoms with Crippen molar-refractivity contribution < 1.29 is 27.9 Å². The lowest BCUT2D eigenvalue weighted by atomic mass is 10.0. The molecule has 1 aromatic heterocycles. The molecule has 0 aliphatic rings. The highest BCUT2D eigenvalue weighted by Gasteiger charge is 2.58. The van der Waals surface area contributed by atoms with Gasteiger partial charge in [-0.3, -0.25) is 9.48 Å². The first-order chi connectivity index (χ1) is 8.08. The van der Waals surface area contributed by atoms with Gasteiger partial charge in [0.05, 0.1) is 0 Å². The SMILES string of the molecule is Cn1ccc(C(=O)NC(C)(C(=O)O)C(F)(F)F)n1. The number of carboxylic acid groups (broad SMARTS) is 1. The number of nitrogens with zero attached hydrogens (tertiary/aromatic N) is 2. The van der Waals surface area contributed by atoms with E-state index in [0.717, 1.165) is 0 Å². The Labute approximate surface area is 99.4 Å². The van der Waals surface area contributed by atoms with Gasteiger partial charge in [-0.2, -0.15) is 18.3 Å². The number of amides is 1. The Morgan fingerprint density at radius 3 is 2.33 bits per heavy atom. The number of alkyl halides is 3. The number of hydrogen-bond donors (Lipinski definition) is 2. The van der Waals surface area contributed by atoms with E-state index in [2.05, 4.69) is 5.10 Å². The summed E-state index contributed by atoms with van der Waals surface area (Å²) in [6.07, 6.45) is -3.77. The van der Waals surface area contributed by atoms with E-state index in [9.17, 15) is 22.8 Å². The van der Waals surface area contributed by atoms with Gasteiger partial charge in [-0.15, -0.1) is 0 Å². The predicted octanol–water partition coefficient (Wildman–Crippen LogP) is 0.556. The zero-order valence-corrected chi connectivity index (χ0v) is 9.45. The van der Waals surface area contributed by atoms with Gasteiger partial charge in [-0.1, -0.05) is 0 Å². The molecule has 100 valence electrons. The molecule has 1 amide bonds. The first kappa shape index (κ1) is 14.0. The van der Waals surface area contributed by atoms with Crippen LogP contribution in [0.15, 0.2) is 12.3 Å². The van der Waals surface area contributed by atoms with Gasteiger partial charge < -0.3 is 10.4 Å². The molecule has 1 aromatic rings. The number of aryl methyl sites for hydroxylation is 1. The zero-order valence-electron chi connectivity index (χ0n) is 9.45. The van der Waals surface area contributed by atoms with Gasteiger partial charge in [-0.05, 0) is 13.0 Å². The van der Waals surface area contributed by atoms with Gasteiger partial charge in [0.15, 0.2) is 0 Å². The van der Waals surface area contributed by atoms with Crippen LogP contribution in [-0.4, -0.2) is 38.5 Å². The van der Waals surface area contributed by atoms with Crippen LogP contribution in [0.25, 0.3) is 0 Å². The van der Waals surface area contributed by atoms with Crippen molar-refractivity contribution >= 4 is 11.9 Å². The summed E-state index contributed by atoms with van der Waals surface area (Å²) < 4.78 is 39.1. The van der Waals surface area contributed by atoms with Gasteiger partial charge >= 0.3 is 12.1 Å². The summed E-state index contributed by atoms with van der Waals surface area (Å²) in [6.45, 7) is 0.371. The molecule has 1 rings (SSSR count). The monoisotopic (exact) mass is 265 g/mol. The molecule has 6 nitrogen and oxygen atoms in total. The molecule has 0 saturated heterocycles. The first-order valence-electron chi connectivity index (χ1n) is 4.70. The van der Waals surface area contributed by atoms with E-state index in [0.29, 0.717) is 6.92 Å². The third kappa shape index (κ3) is 2.44. The van der Waals surface area contributed by atoms with E-state index >= 15 is 0 Å². The van der Waals surface area contributed by atoms with E-state index < -0.39 is 23.6 Å². The second-order valence-electron chi connectivity index (χ2n) is 3.76. The van der Waals surface area contributed by atoms with E-state index in [-0.39, 0.29) is 5.69 Å². The highest BCUT2D eigenvalue weighted by molar-refractivity contribution is 5.96. The lowest BCUT2D eigenvalue weighted by Crippen LogP contribution is -2.61. The molecule has 1 unspecified atom stereocenters. The molecule has 0 spiro atoms. The fourth-order valence-corrected chi connectivity index (χ4v) is 1.07. The van der Waals surface area contributed by atoms with Gasteiger partial charge in [-0.25, -0.2) is 4.79 Å². The van der Waals surface area contributed by atoms with Crippen molar-refractivity contribution in [3.8, 4) is 0 Å². The number of carbonyl (C=O) groups is 2. The molecular formula is C9H10F3N3O3. The maximum Gasteiger partial charge on any atom is 0.422 e. The largest absolute Gasteiger partial charge is 0.479 e. The number of nitrogens with one attached hydrogen (secondary N) is 1. The van der Waals surface area contributed by atoms with Crippen molar-refractivity contribution in [2.24, 2.45) is 7.05 Å². The maximum absolute atomic E-state index is 12.6. The predicted molar refractivity (Wildman–Crippen MR) is 52.8 cm³/mol. The van der Waals surface area contributed by atoms with E-state index in [1.165, 1.54) is 29.3 Å². The number of hydrogen-bond acceptors (Lipinski definition) is 3. The van der Waals surface area contributed by atoms with Crippen molar-refractivity contribution in [2.75, 3.05) is 0 Å². The minimum absolute atomic E-state index is 0.297. The molecular weight excluding hydrogens is 255 g/mol. The third-order valence-corrected chi connectivity index (χ3v) is 2.30. The summed E-state index contributed by atoms with van der Waals surface area (Å²) in [7, 11) is 1.47. The van der Waals surface area contributed by atoms with Gasteiger partial charge in [0.25, 0.3) is 5.91 Å². The van der Waals surface area contributed by atoms with Crippen LogP contribution >= 0.6 is 0 Å². The van der Waals surface area contributed by atoms with Crippen LogP contribution in [-0.2, 0) is 11.8 Å². The van der Waals surface area contributed by atoms with Crippen molar-refractivity contribution in [1.82, 2.24) is 15.1 Å². The quantitative estimate of drug-likeness (QED) is 0.836. The minimum Gasteiger partial charge on any atom is -0.479 e. The molecule has 0 saturated carbocycles. The van der Waals surface area contributed by atoms with Crippen LogP contribution in [0.3, 0.4) is 0 Å². The van der Waals surface area contributed by atoms with Crippen LogP contribution < -0.4 is 5.32 Å². The lowest BCUT2D eigenvalue weighted by Gasteiger charge is -2.28. The van der Waals surface area contributed by atoms with E-state index in [1.54, 1.807) is 0 Å². The van der Waals surface area contributed by atoms with Crippen molar-refractivity contribution in [3.05, 3.63) is 18.0 Å². The topological polar surface area (TPSA) is 84.2 Å². The summed E-state index contributed by atoms with van der Waals surface area (Å²) in [6, 6.07) is 1.17. The molecule has 0 aliphatic carbocycles. The lowest BCUT2D eigenvalue weighted by molar-refractivity contribution is -0.203. The van der Waals surface area contributed by atoms with Crippen LogP contribution in [0.5, 0.6) is 0 Å². The Kier molecular flexibility index (Phi) is 3.36. The van der Waals surface area contributed by atoms with E-state index in [1.807, 2.05) is 0 Å². The van der Waals surface area contributed by atoms with Crippen LogP contribution in [0.2, 0.25) is 0 Å². The zero-order chi connectivity index (χ0) is 14.1. The van der Waals surface area contributed by atoms with E-state index in [4.69, 9.17) is 5.11 Å². The molecule has 9 heteroatoms. The fourth-order valence-electron chi connectivity index (χ4n) is 1.07. The normalized spacial score (nSPS) is 14.9. The Bertz CT molecular complexity index is 483. The second-order valence-corrected chi connectivity index (χ2v) is 3.76. The second kappa shape index (κ2) is 4.31. The molecule has 2 N–H and O–H groups in total. The maximum atomic E-state index is 12.6. The minimum atomic E-state index is -5.12. The van der Waals surface area contributed by atoms with Gasteiger partial charge in [0.1, 0.15) is 5.69 Å². The molecule has 0 aliphatic heterocycles. The summed E-state index contributed by atoms with van der Waals surface area (Å²) >= 11 is 0. The number of halogens is 3. The summed E-state index contributed by atoms with van der Waals surface area (Å²) in [4.78, 5) is 22.2. The summed E-state index contributed by atoms with van der Waals surface area (Å²) in [5, 5.41) is 13.6. The average molecular weight is 265 g/mol. The average Bonchev–Trinajstić information content (AvgIpc) is 2.62. The highest BCUT2D eigenvalue weighted by atomic mass is 19.4. The Morgan fingerprint density at radius 2 is 2.00 bits per heavy atom. The smallest absolute Gasteiger partial charge is 0.422 e. The van der Waals surface area contributed by atoms with Gasteiger partial charge in [0, 0.05) is 13.2 Å². The number of aromatic nitrogens is 2. The van der Waals surface area contributed by atoms with Crippen LogP contribution in [0.4, 0.5) is 13.2 Å². The third-order valence-electron chi connectivity index (χ3n) is 2.30. The molecule has 18 heavy (non-hydrogen) atoms. The molecule has 0 radical (unpaired) electrons. The first-order valence-corrected chi connectivity index (χ1v) is 4.70. The Morgan fingerprint density at radius 1 is 1.44 bits per heavy atom. The number of carbonyl (C=O) groups excluding carboxylic acids is 1. The Hall–Kier alpha value is -2.06. The highest BCUT2D eigenvalue weighted by Crippen LogP contribution is 2.30. The number of aliphatic carboxylic acids is 1. The number of carboxylic acids is 1. The van der Waals surface area contributed by atoms with Crippen LogP contribution in [0, 0.1) is 0 Å². The standard InChI is InChI=1S/C9H10F3N3O3/c1-8(7(17)18,9(10,11)12)13-6(16)5-3-4-15(2)14-5/h3-4H,1-2H3,(H,13,16)(H,17,18). The molecule has 0 fully saturated rings. The van der Waals surface area contributed by atoms with Crippen LogP contribution in [0.1, 0.15) is 17.4 Å². The molecule has 0 bridgehead atoms. The van der Waals surface area contributed by atoms with Crippen molar-refractivity contribution in [1.29, 1.82) is 0 Å². The summed E-state index contributed by atoms with van der Waals surface area (Å²) in [5.41, 5.74) is -3.66. The molecule has 1 atom stereocenters. The van der Waals surface area contributed by atoms with Crippen molar-refractivity contribution in [3.63, 3.8) is 0 Å². The molecule has 1 heterocycles. The van der Waals surface area contributed by atoms with Crippen molar-refractivity contribution in [2.45, 2.75) is 18.6 Å². The van der Waals surface area contributed by atoms with Gasteiger partial charge in [0.2, 0.25) is 5.54 Å².